The van der Waals surface area contributed by atoms with Crippen LogP contribution in [0, 0.1) is 18.3 Å². The van der Waals surface area contributed by atoms with Crippen LogP contribution in [-0.4, -0.2) is 61.1 Å². The molecule has 1 amide bonds. The number of anilines is 2. The largest absolute Gasteiger partial charge is 0.437 e. The Morgan fingerprint density at radius 3 is 2.73 bits per heavy atom. The summed E-state index contributed by atoms with van der Waals surface area (Å²) in [6, 6.07) is 9.02. The normalized spacial score (nSPS) is 17.1. The van der Waals surface area contributed by atoms with E-state index in [1.54, 1.807) is 48.5 Å². The van der Waals surface area contributed by atoms with Gasteiger partial charge in [-0.2, -0.15) is 10.2 Å². The average Bonchev–Trinajstić information content (AvgIpc) is 3.47. The molecule has 4 aromatic rings. The molecule has 37 heavy (non-hydrogen) atoms. The van der Waals surface area contributed by atoms with Crippen LogP contribution < -0.4 is 10.1 Å². The van der Waals surface area contributed by atoms with E-state index >= 15 is 0 Å². The number of carbonyl (C=O) groups excluding carboxylic acids is 1. The maximum absolute atomic E-state index is 13.0. The predicted octanol–water partition coefficient (Wildman–Crippen LogP) is 3.72. The molecule has 0 spiro atoms. The minimum Gasteiger partial charge on any atom is -0.437 e. The van der Waals surface area contributed by atoms with E-state index in [1.807, 2.05) is 31.9 Å². The number of fused-ring (bicyclic) bond motifs is 1. The number of ether oxygens (including phenoxy) is 2. The molecule has 1 N–H and O–H groups in total. The molecule has 188 valence electrons. The topological polar surface area (TPSA) is 131 Å². The van der Waals surface area contributed by atoms with E-state index in [1.165, 1.54) is 6.20 Å². The molecule has 1 aliphatic rings. The highest BCUT2D eigenvalue weighted by Crippen LogP contribution is 2.31. The molecule has 11 heteroatoms. The molecule has 2 unspecified atom stereocenters. The third-order valence-corrected chi connectivity index (χ3v) is 6.44. The lowest BCUT2D eigenvalue weighted by Crippen LogP contribution is -2.34. The van der Waals surface area contributed by atoms with Gasteiger partial charge in [-0.1, -0.05) is 0 Å². The van der Waals surface area contributed by atoms with Crippen LogP contribution in [-0.2, 0) is 11.8 Å². The summed E-state index contributed by atoms with van der Waals surface area (Å²) in [5.74, 6) is 1.30. The number of amides is 1. The lowest BCUT2D eigenvalue weighted by molar-refractivity contribution is 0.0695. The smallest absolute Gasteiger partial charge is 0.255 e. The number of aryl methyl sites for hydroxylation is 2. The fourth-order valence-electron chi connectivity index (χ4n) is 4.38. The molecule has 2 atom stereocenters. The first-order valence-corrected chi connectivity index (χ1v) is 11.8. The number of hydrogen-bond donors (Lipinski definition) is 1. The first kappa shape index (κ1) is 24.1. The number of aromatic nitrogens is 5. The summed E-state index contributed by atoms with van der Waals surface area (Å²) >= 11 is 0. The number of nitriles is 1. The molecule has 0 saturated carbocycles. The highest BCUT2D eigenvalue weighted by atomic mass is 16.5. The summed E-state index contributed by atoms with van der Waals surface area (Å²) in [6.07, 6.45) is 5.61. The van der Waals surface area contributed by atoms with Gasteiger partial charge in [0.1, 0.15) is 23.1 Å². The van der Waals surface area contributed by atoms with Gasteiger partial charge in [0.25, 0.3) is 5.91 Å². The van der Waals surface area contributed by atoms with Crippen LogP contribution in [0.25, 0.3) is 11.2 Å². The van der Waals surface area contributed by atoms with Crippen LogP contribution in [0.1, 0.15) is 35.0 Å². The molecule has 0 bridgehead atoms. The number of rotatable bonds is 6. The molecule has 1 fully saturated rings. The van der Waals surface area contributed by atoms with Crippen LogP contribution in [0.15, 0.2) is 43.0 Å². The van der Waals surface area contributed by atoms with E-state index in [9.17, 15) is 4.79 Å². The first-order valence-electron chi connectivity index (χ1n) is 11.8. The van der Waals surface area contributed by atoms with Gasteiger partial charge < -0.3 is 24.3 Å². The lowest BCUT2D eigenvalue weighted by Gasteiger charge is -2.21. The molecule has 4 aromatic heterocycles. The number of pyridine rings is 3. The molecule has 5 rings (SSSR count). The third-order valence-electron chi connectivity index (χ3n) is 6.44. The number of hydrogen-bond acceptors (Lipinski definition) is 9. The van der Waals surface area contributed by atoms with Crippen molar-refractivity contribution in [3.8, 4) is 17.7 Å². The van der Waals surface area contributed by atoms with Gasteiger partial charge in [-0.25, -0.2) is 15.0 Å². The Morgan fingerprint density at radius 1 is 1.22 bits per heavy atom. The second-order valence-electron chi connectivity index (χ2n) is 9.04. The first-order chi connectivity index (χ1) is 17.9. The highest BCUT2D eigenvalue weighted by molar-refractivity contribution is 5.95. The van der Waals surface area contributed by atoms with E-state index in [4.69, 9.17) is 14.7 Å². The van der Waals surface area contributed by atoms with Crippen molar-refractivity contribution >= 4 is 28.6 Å². The van der Waals surface area contributed by atoms with Gasteiger partial charge in [-0.05, 0) is 44.0 Å². The van der Waals surface area contributed by atoms with Gasteiger partial charge in [0.15, 0.2) is 11.4 Å². The van der Waals surface area contributed by atoms with Crippen LogP contribution in [0.3, 0.4) is 0 Å². The number of carbonyl (C=O) groups is 1. The second kappa shape index (κ2) is 9.83. The van der Waals surface area contributed by atoms with Crippen LogP contribution >= 0.6 is 0 Å². The van der Waals surface area contributed by atoms with Gasteiger partial charge in [0.2, 0.25) is 5.88 Å². The Hall–Kier alpha value is -4.56. The Bertz CT molecular complexity index is 1510. The average molecular weight is 499 g/mol. The minimum absolute atomic E-state index is 0.0561. The van der Waals surface area contributed by atoms with Crippen LogP contribution in [0.2, 0.25) is 0 Å². The van der Waals surface area contributed by atoms with E-state index < -0.39 is 0 Å². The van der Waals surface area contributed by atoms with Crippen molar-refractivity contribution in [2.24, 2.45) is 7.05 Å². The van der Waals surface area contributed by atoms with Gasteiger partial charge in [0.05, 0.1) is 29.9 Å². The molecular formula is C26H26N8O3. The quantitative estimate of drug-likeness (QED) is 0.422. The molecule has 0 aromatic carbocycles. The Kier molecular flexibility index (Phi) is 6.42. The van der Waals surface area contributed by atoms with Crippen molar-refractivity contribution in [2.75, 3.05) is 19.0 Å². The number of nitrogens with zero attached hydrogens (tertiary/aromatic N) is 7. The van der Waals surface area contributed by atoms with Gasteiger partial charge in [0, 0.05) is 39.0 Å². The van der Waals surface area contributed by atoms with Gasteiger partial charge in [-0.3, -0.25) is 4.79 Å². The van der Waals surface area contributed by atoms with Crippen molar-refractivity contribution in [2.45, 2.75) is 32.4 Å². The Morgan fingerprint density at radius 2 is 2.05 bits per heavy atom. The van der Waals surface area contributed by atoms with Gasteiger partial charge in [-0.15, -0.1) is 0 Å². The van der Waals surface area contributed by atoms with Crippen LogP contribution in [0.4, 0.5) is 11.5 Å². The summed E-state index contributed by atoms with van der Waals surface area (Å²) in [4.78, 5) is 32.4. The fraction of sp³-hybridized carbons (Fsp3) is 0.308. The monoisotopic (exact) mass is 498 g/mol. The van der Waals surface area contributed by atoms with E-state index in [-0.39, 0.29) is 18.1 Å². The van der Waals surface area contributed by atoms with Crippen molar-refractivity contribution in [1.29, 1.82) is 5.26 Å². The Labute approximate surface area is 213 Å². The van der Waals surface area contributed by atoms with Crippen LogP contribution in [0.5, 0.6) is 11.6 Å². The molecule has 1 aliphatic heterocycles. The Balaban J connectivity index is 1.39. The van der Waals surface area contributed by atoms with Crippen molar-refractivity contribution in [1.82, 2.24) is 29.4 Å². The zero-order valence-corrected chi connectivity index (χ0v) is 21.0. The van der Waals surface area contributed by atoms with Gasteiger partial charge >= 0.3 is 0 Å². The number of imidazole rings is 1. The molecule has 0 radical (unpaired) electrons. The summed E-state index contributed by atoms with van der Waals surface area (Å²) in [7, 11) is 3.51. The summed E-state index contributed by atoms with van der Waals surface area (Å²) in [6.45, 7) is 4.43. The predicted molar refractivity (Wildman–Crippen MR) is 136 cm³/mol. The molecule has 11 nitrogen and oxygen atoms in total. The summed E-state index contributed by atoms with van der Waals surface area (Å²) in [5, 5.41) is 12.3. The van der Waals surface area contributed by atoms with E-state index in [0.717, 1.165) is 12.0 Å². The molecule has 0 aliphatic carbocycles. The van der Waals surface area contributed by atoms with E-state index in [0.29, 0.717) is 52.1 Å². The zero-order chi connectivity index (χ0) is 26.1. The number of nitrogens with one attached hydrogen (secondary N) is 1. The standard InChI is InChI=1S/C26H26N8O3/c1-15-7-18(10-27)28-12-21(15)37-23-9-20(24-25(32-23)33(3)14-30-24)31-22-6-5-17(11-29-22)26(35)34-13-19(36-4)8-16(34)2/h5-7,9,11-12,14,16,19H,8,13H2,1-4H3,(H,29,31,32). The molecule has 5 heterocycles. The third kappa shape index (κ3) is 4.79. The summed E-state index contributed by atoms with van der Waals surface area (Å²) < 4.78 is 13.2. The fourth-order valence-corrected chi connectivity index (χ4v) is 4.38. The minimum atomic E-state index is -0.0655. The molecule has 1 saturated heterocycles. The number of methoxy groups -OCH3 is 1. The highest BCUT2D eigenvalue weighted by Gasteiger charge is 2.33. The zero-order valence-electron chi connectivity index (χ0n) is 21.0. The van der Waals surface area contributed by atoms with Crippen molar-refractivity contribution in [3.05, 3.63) is 59.8 Å². The lowest BCUT2D eigenvalue weighted by atomic mass is 10.2. The number of likely N-dealkylation sites (tertiary alicyclic amines) is 1. The second-order valence-corrected chi connectivity index (χ2v) is 9.04. The van der Waals surface area contributed by atoms with Crippen molar-refractivity contribution in [3.63, 3.8) is 0 Å². The van der Waals surface area contributed by atoms with Crippen molar-refractivity contribution < 1.29 is 14.3 Å². The SMILES string of the molecule is COC1CC(C)N(C(=O)c2ccc(Nc3cc(Oc4cnc(C#N)cc4C)nc4c3ncn4C)nc2)C1. The molecular weight excluding hydrogens is 472 g/mol. The summed E-state index contributed by atoms with van der Waals surface area (Å²) in [5.41, 5.74) is 3.49. The maximum Gasteiger partial charge on any atom is 0.255 e. The maximum atomic E-state index is 13.0. The van der Waals surface area contributed by atoms with E-state index in [2.05, 4.69) is 25.3 Å².